The number of hydrogen-bond donors (Lipinski definition) is 1. The molecule has 0 spiro atoms. The highest BCUT2D eigenvalue weighted by Crippen LogP contribution is 2.26. The largest absolute Gasteiger partial charge is 0.436 e. The minimum atomic E-state index is 0.444. The Morgan fingerprint density at radius 2 is 2.00 bits per heavy atom. The summed E-state index contributed by atoms with van der Waals surface area (Å²) in [6.45, 7) is 0. The van der Waals surface area contributed by atoms with Crippen LogP contribution in [-0.2, 0) is 7.05 Å². The van der Waals surface area contributed by atoms with E-state index in [1.165, 1.54) is 4.90 Å². The summed E-state index contributed by atoms with van der Waals surface area (Å²) in [7, 11) is 1.81. The molecule has 0 aliphatic carbocycles. The van der Waals surface area contributed by atoms with Crippen molar-refractivity contribution in [1.82, 2.24) is 9.78 Å². The summed E-state index contributed by atoms with van der Waals surface area (Å²) < 4.78 is 7.19. The van der Waals surface area contributed by atoms with Crippen molar-refractivity contribution in [3.05, 3.63) is 30.5 Å². The summed E-state index contributed by atoms with van der Waals surface area (Å²) in [4.78, 5) is 1.20. The summed E-state index contributed by atoms with van der Waals surface area (Å²) in [6, 6.07) is 7.80. The number of ether oxygens (including phenoxy) is 1. The molecule has 1 aromatic heterocycles. The first-order valence-corrected chi connectivity index (χ1v) is 6.02. The second kappa shape index (κ2) is 4.49. The molecule has 16 heavy (non-hydrogen) atoms. The lowest BCUT2D eigenvalue weighted by atomic mass is 10.3. The molecule has 2 aromatic rings. The highest BCUT2D eigenvalue weighted by atomic mass is 32.2. The third-order valence-electron chi connectivity index (χ3n) is 2.10. The first-order valence-electron chi connectivity index (χ1n) is 4.80. The number of nitrogens with two attached hydrogens (primary N) is 1. The average Bonchev–Trinajstić information content (AvgIpc) is 2.59. The Balaban J connectivity index is 2.17. The second-order valence-corrected chi connectivity index (χ2v) is 4.22. The van der Waals surface area contributed by atoms with E-state index in [1.807, 2.05) is 30.5 Å². The summed E-state index contributed by atoms with van der Waals surface area (Å²) in [5.74, 6) is 1.18. The summed E-state index contributed by atoms with van der Waals surface area (Å²) in [6.07, 6.45) is 3.75. The number of anilines is 1. The molecule has 0 atom stereocenters. The molecule has 1 heterocycles. The van der Waals surface area contributed by atoms with Gasteiger partial charge in [0.1, 0.15) is 11.4 Å². The van der Waals surface area contributed by atoms with Gasteiger partial charge in [-0.3, -0.25) is 4.68 Å². The van der Waals surface area contributed by atoms with E-state index in [2.05, 4.69) is 5.10 Å². The van der Waals surface area contributed by atoms with Crippen LogP contribution in [0.1, 0.15) is 0 Å². The van der Waals surface area contributed by atoms with Gasteiger partial charge < -0.3 is 10.5 Å². The standard InChI is InChI=1S/C11H13N3OS/c1-14-7-10(12)11(13-14)15-8-3-5-9(16-2)6-4-8/h3-7H,12H2,1-2H3. The third kappa shape index (κ3) is 2.30. The van der Waals surface area contributed by atoms with Gasteiger partial charge in [-0.2, -0.15) is 0 Å². The van der Waals surface area contributed by atoms with E-state index >= 15 is 0 Å². The Morgan fingerprint density at radius 1 is 1.31 bits per heavy atom. The van der Waals surface area contributed by atoms with Gasteiger partial charge in [0, 0.05) is 11.9 Å². The summed E-state index contributed by atoms with van der Waals surface area (Å²) in [5, 5.41) is 4.11. The number of nitrogens with zero attached hydrogens (tertiary/aromatic N) is 2. The monoisotopic (exact) mass is 235 g/mol. The van der Waals surface area contributed by atoms with E-state index in [-0.39, 0.29) is 0 Å². The second-order valence-electron chi connectivity index (χ2n) is 3.34. The predicted octanol–water partition coefficient (Wildman–Crippen LogP) is 2.52. The molecule has 0 fully saturated rings. The number of benzene rings is 1. The number of hydrogen-bond acceptors (Lipinski definition) is 4. The van der Waals surface area contributed by atoms with Crippen LogP contribution in [0.5, 0.6) is 11.6 Å². The molecule has 2 N–H and O–H groups in total. The van der Waals surface area contributed by atoms with E-state index < -0.39 is 0 Å². The van der Waals surface area contributed by atoms with Crippen molar-refractivity contribution in [3.8, 4) is 11.6 Å². The van der Waals surface area contributed by atoms with E-state index in [1.54, 1.807) is 29.7 Å². The molecular formula is C11H13N3OS. The molecule has 0 aliphatic heterocycles. The predicted molar refractivity (Wildman–Crippen MR) is 65.9 cm³/mol. The number of thioether (sulfide) groups is 1. The molecule has 0 saturated carbocycles. The van der Waals surface area contributed by atoms with Crippen LogP contribution in [0.2, 0.25) is 0 Å². The molecule has 2 rings (SSSR count). The van der Waals surface area contributed by atoms with Crippen LogP contribution in [0.3, 0.4) is 0 Å². The van der Waals surface area contributed by atoms with E-state index in [4.69, 9.17) is 10.5 Å². The lowest BCUT2D eigenvalue weighted by Crippen LogP contribution is -1.90. The van der Waals surface area contributed by atoms with E-state index in [0.29, 0.717) is 11.6 Å². The van der Waals surface area contributed by atoms with Crippen molar-refractivity contribution in [3.63, 3.8) is 0 Å². The maximum atomic E-state index is 5.73. The fourth-order valence-electron chi connectivity index (χ4n) is 1.32. The van der Waals surface area contributed by atoms with Crippen LogP contribution >= 0.6 is 11.8 Å². The molecule has 0 aliphatic rings. The smallest absolute Gasteiger partial charge is 0.261 e. The van der Waals surface area contributed by atoms with Crippen molar-refractivity contribution >= 4 is 17.4 Å². The number of aryl methyl sites for hydroxylation is 1. The number of rotatable bonds is 3. The van der Waals surface area contributed by atoms with E-state index in [9.17, 15) is 0 Å². The molecule has 1 aromatic carbocycles. The van der Waals surface area contributed by atoms with Crippen molar-refractivity contribution in [2.75, 3.05) is 12.0 Å². The van der Waals surface area contributed by atoms with Crippen molar-refractivity contribution in [1.29, 1.82) is 0 Å². The van der Waals surface area contributed by atoms with Crippen LogP contribution in [-0.4, -0.2) is 16.0 Å². The lowest BCUT2D eigenvalue weighted by Gasteiger charge is -2.03. The number of nitrogen functional groups attached to an aromatic ring is 1. The maximum absolute atomic E-state index is 5.73. The van der Waals surface area contributed by atoms with Crippen LogP contribution in [0, 0.1) is 0 Å². The van der Waals surface area contributed by atoms with Crippen LogP contribution in [0.25, 0.3) is 0 Å². The van der Waals surface area contributed by atoms with Gasteiger partial charge in [0.25, 0.3) is 5.88 Å². The van der Waals surface area contributed by atoms with Crippen LogP contribution < -0.4 is 10.5 Å². The van der Waals surface area contributed by atoms with Gasteiger partial charge in [-0.15, -0.1) is 16.9 Å². The molecule has 0 unspecified atom stereocenters. The molecule has 0 amide bonds. The Labute approximate surface area is 98.4 Å². The Hall–Kier alpha value is -1.62. The van der Waals surface area contributed by atoms with Gasteiger partial charge in [-0.1, -0.05) is 0 Å². The van der Waals surface area contributed by atoms with Gasteiger partial charge in [0.15, 0.2) is 0 Å². The average molecular weight is 235 g/mol. The molecule has 5 heteroatoms. The maximum Gasteiger partial charge on any atom is 0.261 e. The highest BCUT2D eigenvalue weighted by molar-refractivity contribution is 7.98. The lowest BCUT2D eigenvalue weighted by molar-refractivity contribution is 0.455. The molecule has 0 saturated heterocycles. The molecule has 0 radical (unpaired) electrons. The molecule has 84 valence electrons. The fourth-order valence-corrected chi connectivity index (χ4v) is 1.73. The van der Waals surface area contributed by atoms with Crippen molar-refractivity contribution in [2.24, 2.45) is 7.05 Å². The minimum absolute atomic E-state index is 0.444. The highest BCUT2D eigenvalue weighted by Gasteiger charge is 2.06. The zero-order valence-corrected chi connectivity index (χ0v) is 9.99. The van der Waals surface area contributed by atoms with Gasteiger partial charge in [-0.05, 0) is 30.5 Å². The number of aromatic nitrogens is 2. The van der Waals surface area contributed by atoms with Gasteiger partial charge in [0.05, 0.1) is 6.20 Å². The SMILES string of the molecule is CSc1ccc(Oc2nn(C)cc2N)cc1. The quantitative estimate of drug-likeness (QED) is 0.830. The first kappa shape index (κ1) is 10.9. The van der Waals surface area contributed by atoms with Gasteiger partial charge >= 0.3 is 0 Å². The summed E-state index contributed by atoms with van der Waals surface area (Å²) >= 11 is 1.69. The molecule has 4 nitrogen and oxygen atoms in total. The van der Waals surface area contributed by atoms with E-state index in [0.717, 1.165) is 5.75 Å². The van der Waals surface area contributed by atoms with Gasteiger partial charge in [0.2, 0.25) is 0 Å². The minimum Gasteiger partial charge on any atom is -0.436 e. The molecule has 0 bridgehead atoms. The van der Waals surface area contributed by atoms with Crippen molar-refractivity contribution < 1.29 is 4.74 Å². The normalized spacial score (nSPS) is 10.4. The third-order valence-corrected chi connectivity index (χ3v) is 2.84. The Kier molecular flexibility index (Phi) is 3.05. The molecular weight excluding hydrogens is 222 g/mol. The zero-order valence-electron chi connectivity index (χ0n) is 9.18. The topological polar surface area (TPSA) is 53.1 Å². The van der Waals surface area contributed by atoms with Crippen molar-refractivity contribution in [2.45, 2.75) is 4.90 Å². The summed E-state index contributed by atoms with van der Waals surface area (Å²) in [5.41, 5.74) is 6.27. The Morgan fingerprint density at radius 3 is 2.50 bits per heavy atom. The van der Waals surface area contributed by atoms with Crippen LogP contribution in [0.15, 0.2) is 35.4 Å². The van der Waals surface area contributed by atoms with Crippen LogP contribution in [0.4, 0.5) is 5.69 Å². The zero-order chi connectivity index (χ0) is 11.5. The Bertz CT molecular complexity index is 478. The van der Waals surface area contributed by atoms with Gasteiger partial charge in [-0.25, -0.2) is 0 Å². The first-order chi connectivity index (χ1) is 7.69. The fraction of sp³-hybridized carbons (Fsp3) is 0.182.